The van der Waals surface area contributed by atoms with E-state index >= 15 is 0 Å². The van der Waals surface area contributed by atoms with Gasteiger partial charge in [-0.3, -0.25) is 9.59 Å². The minimum absolute atomic E-state index is 0.0252. The molecule has 3 atom stereocenters. The van der Waals surface area contributed by atoms with Gasteiger partial charge in [0.1, 0.15) is 34.7 Å². The number of nitrogens with zero attached hydrogens (tertiary/aromatic N) is 1. The van der Waals surface area contributed by atoms with E-state index in [-0.39, 0.29) is 47.9 Å². The van der Waals surface area contributed by atoms with Gasteiger partial charge >= 0.3 is 5.97 Å². The Hall–Kier alpha value is -4.49. The number of esters is 1. The van der Waals surface area contributed by atoms with Crippen molar-refractivity contribution in [3.05, 3.63) is 69.6 Å². The summed E-state index contributed by atoms with van der Waals surface area (Å²) in [6.07, 6.45) is 10.3. The molecule has 0 bridgehead atoms. The summed E-state index contributed by atoms with van der Waals surface area (Å²) in [5.41, 5.74) is 3.42. The molecule has 0 amide bonds. The van der Waals surface area contributed by atoms with Gasteiger partial charge in [0, 0.05) is 61.9 Å². The minimum atomic E-state index is -1.23. The molecule has 4 heterocycles. The molecule has 12 heteroatoms. The van der Waals surface area contributed by atoms with Crippen LogP contribution in [0, 0.1) is 5.92 Å². The van der Waals surface area contributed by atoms with Crippen LogP contribution in [0.15, 0.2) is 47.4 Å². The summed E-state index contributed by atoms with van der Waals surface area (Å²) >= 11 is 0. The van der Waals surface area contributed by atoms with Crippen LogP contribution in [0.4, 0.5) is 0 Å². The fraction of sp³-hybridized carbons (Fsp3) is 0.553. The molecule has 3 fully saturated rings. The van der Waals surface area contributed by atoms with Crippen LogP contribution in [-0.4, -0.2) is 95.9 Å². The molecule has 2 aliphatic carbocycles. The summed E-state index contributed by atoms with van der Waals surface area (Å²) in [4.78, 5) is 46.5. The Labute approximate surface area is 345 Å². The number of benzene rings is 2. The number of methoxy groups -OCH3 is 1. The van der Waals surface area contributed by atoms with Gasteiger partial charge in [-0.2, -0.15) is 0 Å². The molecule has 3 N–H and O–H groups in total. The van der Waals surface area contributed by atoms with Crippen molar-refractivity contribution in [3.8, 4) is 17.2 Å². The number of aldehydes is 1. The van der Waals surface area contributed by atoms with Gasteiger partial charge in [0.25, 0.3) is 0 Å². The van der Waals surface area contributed by atoms with Crippen LogP contribution in [-0.2, 0) is 36.9 Å². The Morgan fingerprint density at radius 1 is 1.07 bits per heavy atom. The second-order valence-electron chi connectivity index (χ2n) is 17.1. The minimum Gasteiger partial charge on any atom is -0.489 e. The number of ether oxygens (including phenoxy) is 5. The number of carbonyl (C=O) groups is 3. The molecule has 2 saturated carbocycles. The van der Waals surface area contributed by atoms with Crippen LogP contribution in [0.3, 0.4) is 0 Å². The standard InChI is InChI=1S/C47H58N2O10/c1-4-56-46(53)45-35(26-50)40(30-12-14-38(52)33(24-30)28-11-13-37-29(23-28)15-18-48-37)41-43(57-32-9-6-5-7-10-32)34-25-39(58-42(34)36(27-51)44(41)59-45)47(2,54)31-16-20-49(21-17-31)19-8-22-55-3/h11,13,15,18,23,26,31-33,39,48,51,54H,4-10,12,14,16-17,19-22,24-25,27H2,1-3H3. The van der Waals surface area contributed by atoms with Gasteiger partial charge in [-0.05, 0) is 120 Å². The molecule has 5 aliphatic rings. The van der Waals surface area contributed by atoms with Crippen LogP contribution < -0.4 is 14.2 Å². The molecule has 8 rings (SSSR count). The van der Waals surface area contributed by atoms with Crippen molar-refractivity contribution in [1.29, 1.82) is 0 Å². The highest BCUT2D eigenvalue weighted by Gasteiger charge is 2.49. The molecule has 1 saturated heterocycles. The Kier molecular flexibility index (Phi) is 12.3. The Balaban J connectivity index is 1.25. The second kappa shape index (κ2) is 17.6. The van der Waals surface area contributed by atoms with Crippen molar-refractivity contribution in [2.75, 3.05) is 40.0 Å². The molecule has 0 spiro atoms. The molecule has 12 nitrogen and oxygen atoms in total. The third-order valence-electron chi connectivity index (χ3n) is 13.5. The third kappa shape index (κ3) is 7.97. The molecule has 0 radical (unpaired) electrons. The number of likely N-dealkylation sites (tertiary alicyclic amines) is 1. The zero-order valence-corrected chi connectivity index (χ0v) is 34.6. The maximum Gasteiger partial charge on any atom is 0.375 e. The van der Waals surface area contributed by atoms with Gasteiger partial charge in [0.05, 0.1) is 36.0 Å². The fourth-order valence-electron chi connectivity index (χ4n) is 10.2. The summed E-state index contributed by atoms with van der Waals surface area (Å²) in [6.45, 7) is 6.46. The van der Waals surface area contributed by atoms with E-state index in [0.29, 0.717) is 65.9 Å². The molecule has 3 aliphatic heterocycles. The van der Waals surface area contributed by atoms with Crippen molar-refractivity contribution >= 4 is 34.5 Å². The summed E-state index contributed by atoms with van der Waals surface area (Å²) < 4.78 is 31.1. The van der Waals surface area contributed by atoms with Crippen molar-refractivity contribution in [2.24, 2.45) is 5.92 Å². The van der Waals surface area contributed by atoms with E-state index < -0.39 is 30.2 Å². The zero-order chi connectivity index (χ0) is 41.3. The summed E-state index contributed by atoms with van der Waals surface area (Å²) in [6, 6.07) is 7.95. The number of aliphatic hydroxyl groups excluding tert-OH is 1. The number of H-pyrrole nitrogens is 1. The van der Waals surface area contributed by atoms with E-state index in [1.165, 1.54) is 0 Å². The Bertz CT molecular complexity index is 2130. The van der Waals surface area contributed by atoms with Crippen LogP contribution in [0.5, 0.6) is 17.2 Å². The summed E-state index contributed by atoms with van der Waals surface area (Å²) in [7, 11) is 1.72. The molecule has 2 aromatic carbocycles. The van der Waals surface area contributed by atoms with E-state index in [4.69, 9.17) is 23.7 Å². The lowest BCUT2D eigenvalue weighted by molar-refractivity contribution is -0.141. The number of fused-ring (bicyclic) bond motifs is 3. The number of ketones is 1. The number of nitrogens with one attached hydrogen (secondary N) is 1. The molecule has 1 aromatic heterocycles. The lowest BCUT2D eigenvalue weighted by Gasteiger charge is -2.42. The number of carbonyl (C=O) groups excluding carboxylic acids is 3. The highest BCUT2D eigenvalue weighted by molar-refractivity contribution is 6.11. The van der Waals surface area contributed by atoms with E-state index in [1.54, 1.807) is 14.0 Å². The van der Waals surface area contributed by atoms with Gasteiger partial charge in [-0.25, -0.2) is 4.79 Å². The van der Waals surface area contributed by atoms with Crippen molar-refractivity contribution in [2.45, 2.75) is 121 Å². The SMILES string of the molecule is CCOC(=O)C1=C(C=O)C(=C2CCC(=O)C(c3ccc4[nH]ccc4c3)C2)c2c(c(CO)c3c(c2OC2CCCCC2)CC(C(C)(O)C2CCN(CCCOC)CC2)O3)O1. The number of Topliss-reactive ketones (excluding diaryl/α,β-unsaturated/α-hetero) is 1. The van der Waals surface area contributed by atoms with Gasteiger partial charge < -0.3 is 43.8 Å². The fourth-order valence-corrected chi connectivity index (χ4v) is 10.2. The lowest BCUT2D eigenvalue weighted by atomic mass is 9.75. The molecule has 316 valence electrons. The highest BCUT2D eigenvalue weighted by Crippen LogP contribution is 2.57. The Morgan fingerprint density at radius 2 is 1.86 bits per heavy atom. The molecular formula is C47H58N2O10. The first-order valence-corrected chi connectivity index (χ1v) is 21.6. The number of aromatic amines is 1. The molecule has 59 heavy (non-hydrogen) atoms. The van der Waals surface area contributed by atoms with Gasteiger partial charge in [0.2, 0.25) is 5.76 Å². The molecular weight excluding hydrogens is 753 g/mol. The number of allylic oxidation sites excluding steroid dienone is 3. The normalized spacial score (nSPS) is 24.0. The van der Waals surface area contributed by atoms with Gasteiger partial charge in [0.15, 0.2) is 6.29 Å². The van der Waals surface area contributed by atoms with Crippen LogP contribution in [0.2, 0.25) is 0 Å². The first-order chi connectivity index (χ1) is 28.7. The van der Waals surface area contributed by atoms with Crippen molar-refractivity contribution in [1.82, 2.24) is 9.88 Å². The average molecular weight is 811 g/mol. The van der Waals surface area contributed by atoms with Crippen LogP contribution in [0.25, 0.3) is 16.5 Å². The van der Waals surface area contributed by atoms with E-state index in [1.807, 2.05) is 37.4 Å². The van der Waals surface area contributed by atoms with Crippen LogP contribution >= 0.6 is 0 Å². The highest BCUT2D eigenvalue weighted by atomic mass is 16.6. The maximum absolute atomic E-state index is 13.8. The molecule has 3 aromatic rings. The smallest absolute Gasteiger partial charge is 0.375 e. The van der Waals surface area contributed by atoms with Crippen molar-refractivity contribution in [3.63, 3.8) is 0 Å². The number of aliphatic hydroxyl groups is 2. The summed E-state index contributed by atoms with van der Waals surface area (Å²) in [5.74, 6) is -0.493. The zero-order valence-electron chi connectivity index (χ0n) is 34.6. The maximum atomic E-state index is 13.8. The van der Waals surface area contributed by atoms with Gasteiger partial charge in [-0.15, -0.1) is 0 Å². The number of piperidine rings is 1. The average Bonchev–Trinajstić information content (AvgIpc) is 3.92. The number of aromatic nitrogens is 1. The van der Waals surface area contributed by atoms with E-state index in [9.17, 15) is 24.6 Å². The lowest BCUT2D eigenvalue weighted by Crippen LogP contribution is -2.52. The first-order valence-electron chi connectivity index (χ1n) is 21.6. The topological polar surface area (TPSA) is 157 Å². The van der Waals surface area contributed by atoms with E-state index in [0.717, 1.165) is 93.0 Å². The third-order valence-corrected chi connectivity index (χ3v) is 13.5. The van der Waals surface area contributed by atoms with Crippen molar-refractivity contribution < 1.29 is 48.3 Å². The predicted octanol–water partition coefficient (Wildman–Crippen LogP) is 6.87. The quantitative estimate of drug-likeness (QED) is 0.0941. The van der Waals surface area contributed by atoms with Gasteiger partial charge in [-0.1, -0.05) is 18.1 Å². The second-order valence-corrected chi connectivity index (χ2v) is 17.1. The number of hydrogen-bond donors (Lipinski definition) is 3. The first kappa shape index (κ1) is 41.3. The number of rotatable bonds is 13. The monoisotopic (exact) mass is 810 g/mol. The van der Waals surface area contributed by atoms with E-state index in [2.05, 4.69) is 9.88 Å². The number of hydrogen-bond acceptors (Lipinski definition) is 11. The van der Waals surface area contributed by atoms with Crippen LogP contribution in [0.1, 0.15) is 113 Å². The largest absolute Gasteiger partial charge is 0.489 e. The predicted molar refractivity (Wildman–Crippen MR) is 221 cm³/mol. The summed E-state index contributed by atoms with van der Waals surface area (Å²) in [5, 5.41) is 24.6. The Morgan fingerprint density at radius 3 is 2.59 bits per heavy atom. The molecule has 3 unspecified atom stereocenters.